The molecule has 2 rings (SSSR count). The largest absolute Gasteiger partial charge is 0.480 e. The number of thiocarbonyl (C=S) groups is 1. The molecule has 1 saturated heterocycles. The first kappa shape index (κ1) is 19.7. The van der Waals surface area contributed by atoms with Crippen LogP contribution in [-0.4, -0.2) is 32.2 Å². The van der Waals surface area contributed by atoms with Crippen molar-refractivity contribution in [3.63, 3.8) is 0 Å². The summed E-state index contributed by atoms with van der Waals surface area (Å²) in [5, 5.41) is 9.47. The van der Waals surface area contributed by atoms with Gasteiger partial charge in [0.2, 0.25) is 0 Å². The van der Waals surface area contributed by atoms with Gasteiger partial charge in [0.25, 0.3) is 5.91 Å². The summed E-state index contributed by atoms with van der Waals surface area (Å²) in [6, 6.07) is 7.12. The van der Waals surface area contributed by atoms with Gasteiger partial charge in [-0.25, -0.2) is 4.79 Å². The maximum Gasteiger partial charge on any atom is 0.326 e. The summed E-state index contributed by atoms with van der Waals surface area (Å²) in [6.45, 7) is 6.24. The summed E-state index contributed by atoms with van der Waals surface area (Å²) in [5.41, 5.74) is 2.14. The third-order valence-electron chi connectivity index (χ3n) is 4.15. The number of aliphatic carboxylic acids is 1. The number of amides is 1. The van der Waals surface area contributed by atoms with Gasteiger partial charge in [-0.15, -0.1) is 0 Å². The number of unbranched alkanes of at least 4 members (excludes halogenated alkanes) is 1. The Labute approximate surface area is 158 Å². The van der Waals surface area contributed by atoms with Crippen LogP contribution >= 0.6 is 24.0 Å². The van der Waals surface area contributed by atoms with Gasteiger partial charge in [-0.2, -0.15) is 0 Å². The molecule has 134 valence electrons. The predicted octanol–water partition coefficient (Wildman–Crippen LogP) is 4.65. The first-order valence-electron chi connectivity index (χ1n) is 8.45. The molecule has 1 aliphatic heterocycles. The molecule has 1 aromatic rings. The number of carbonyl (C=O) groups excluding carboxylic acids is 1. The van der Waals surface area contributed by atoms with Crippen molar-refractivity contribution in [2.75, 3.05) is 0 Å². The van der Waals surface area contributed by atoms with Crippen LogP contribution in [0.25, 0.3) is 6.08 Å². The molecule has 0 aromatic heterocycles. The van der Waals surface area contributed by atoms with E-state index < -0.39 is 12.0 Å². The van der Waals surface area contributed by atoms with Crippen molar-refractivity contribution in [3.8, 4) is 0 Å². The lowest BCUT2D eigenvalue weighted by molar-refractivity contribution is -0.145. The molecule has 1 atom stereocenters. The van der Waals surface area contributed by atoms with Crippen LogP contribution < -0.4 is 0 Å². The van der Waals surface area contributed by atoms with E-state index >= 15 is 0 Å². The summed E-state index contributed by atoms with van der Waals surface area (Å²) in [4.78, 5) is 26.0. The van der Waals surface area contributed by atoms with Crippen LogP contribution in [0, 0.1) is 0 Å². The van der Waals surface area contributed by atoms with Gasteiger partial charge in [0.15, 0.2) is 0 Å². The standard InChI is InChI=1S/C19H23NO3S2/c1-4-5-6-15(18(22)23)20-17(21)16(25-19(20)24)11-13-7-9-14(10-8-13)12(2)3/h7-12,15H,4-6H2,1-3H3,(H,22,23)/b16-11-. The molecule has 0 radical (unpaired) electrons. The number of carboxylic acid groups (broad SMARTS) is 1. The van der Waals surface area contributed by atoms with Crippen molar-refractivity contribution in [1.29, 1.82) is 0 Å². The van der Waals surface area contributed by atoms with Crippen LogP contribution in [0.2, 0.25) is 0 Å². The molecule has 1 fully saturated rings. The Morgan fingerprint density at radius 1 is 1.32 bits per heavy atom. The molecule has 25 heavy (non-hydrogen) atoms. The van der Waals surface area contributed by atoms with Gasteiger partial charge in [-0.05, 0) is 29.5 Å². The molecule has 0 saturated carbocycles. The minimum atomic E-state index is -1.01. The fourth-order valence-corrected chi connectivity index (χ4v) is 3.99. The van der Waals surface area contributed by atoms with E-state index in [9.17, 15) is 14.7 Å². The van der Waals surface area contributed by atoms with Crippen molar-refractivity contribution < 1.29 is 14.7 Å². The Kier molecular flexibility index (Phi) is 6.79. The zero-order valence-corrected chi connectivity index (χ0v) is 16.3. The van der Waals surface area contributed by atoms with Gasteiger partial charge in [0, 0.05) is 0 Å². The molecule has 1 unspecified atom stereocenters. The van der Waals surface area contributed by atoms with Crippen molar-refractivity contribution >= 4 is 46.3 Å². The van der Waals surface area contributed by atoms with Crippen LogP contribution in [0.4, 0.5) is 0 Å². The normalized spacial score (nSPS) is 17.6. The number of carboxylic acids is 1. The molecule has 0 spiro atoms. The fraction of sp³-hybridized carbons (Fsp3) is 0.421. The third-order valence-corrected chi connectivity index (χ3v) is 5.48. The number of benzene rings is 1. The zero-order valence-electron chi connectivity index (χ0n) is 14.7. The van der Waals surface area contributed by atoms with Crippen LogP contribution in [0.3, 0.4) is 0 Å². The summed E-state index contributed by atoms with van der Waals surface area (Å²) in [5.74, 6) is -0.874. The lowest BCUT2D eigenvalue weighted by Gasteiger charge is -2.22. The Bertz CT molecular complexity index is 695. The van der Waals surface area contributed by atoms with E-state index in [0.29, 0.717) is 21.6 Å². The lowest BCUT2D eigenvalue weighted by Crippen LogP contribution is -2.43. The third kappa shape index (κ3) is 4.70. The average Bonchev–Trinajstić information content (AvgIpc) is 2.83. The molecule has 1 aromatic carbocycles. The maximum atomic E-state index is 12.7. The highest BCUT2D eigenvalue weighted by atomic mass is 32.2. The Hall–Kier alpha value is -1.66. The van der Waals surface area contributed by atoms with Crippen molar-refractivity contribution in [2.24, 2.45) is 0 Å². The summed E-state index contributed by atoms with van der Waals surface area (Å²) >= 11 is 6.45. The van der Waals surface area contributed by atoms with E-state index in [1.807, 2.05) is 31.2 Å². The van der Waals surface area contributed by atoms with Crippen LogP contribution in [0.1, 0.15) is 57.1 Å². The van der Waals surface area contributed by atoms with Gasteiger partial charge in [-0.3, -0.25) is 9.69 Å². The Morgan fingerprint density at radius 3 is 2.48 bits per heavy atom. The van der Waals surface area contributed by atoms with Crippen molar-refractivity contribution in [1.82, 2.24) is 4.90 Å². The highest BCUT2D eigenvalue weighted by Gasteiger charge is 2.40. The zero-order chi connectivity index (χ0) is 18.6. The van der Waals surface area contributed by atoms with Gasteiger partial charge in [-0.1, -0.05) is 81.9 Å². The van der Waals surface area contributed by atoms with Crippen LogP contribution in [-0.2, 0) is 9.59 Å². The SMILES string of the molecule is CCCCC(C(=O)O)N1C(=O)/C(=C/c2ccc(C(C)C)cc2)SC1=S. The fourth-order valence-electron chi connectivity index (χ4n) is 2.64. The highest BCUT2D eigenvalue weighted by molar-refractivity contribution is 8.26. The molecule has 6 heteroatoms. The first-order valence-corrected chi connectivity index (χ1v) is 9.67. The first-order chi connectivity index (χ1) is 11.8. The minimum absolute atomic E-state index is 0.313. The quantitative estimate of drug-likeness (QED) is 0.553. The molecular formula is C19H23NO3S2. The van der Waals surface area contributed by atoms with Crippen molar-refractivity contribution in [3.05, 3.63) is 40.3 Å². The summed E-state index contributed by atoms with van der Waals surface area (Å²) in [7, 11) is 0. The average molecular weight is 378 g/mol. The van der Waals surface area contributed by atoms with Gasteiger partial charge < -0.3 is 5.11 Å². The molecule has 1 heterocycles. The smallest absolute Gasteiger partial charge is 0.326 e. The maximum absolute atomic E-state index is 12.7. The van der Waals surface area contributed by atoms with E-state index in [4.69, 9.17) is 12.2 Å². The number of hydrogen-bond donors (Lipinski definition) is 1. The summed E-state index contributed by atoms with van der Waals surface area (Å²) < 4.78 is 0.318. The van der Waals surface area contributed by atoms with Crippen LogP contribution in [0.5, 0.6) is 0 Å². The summed E-state index contributed by atoms with van der Waals surface area (Å²) in [6.07, 6.45) is 3.80. The Balaban J connectivity index is 2.23. The van der Waals surface area contributed by atoms with E-state index in [0.717, 1.165) is 18.4 Å². The Morgan fingerprint density at radius 2 is 1.96 bits per heavy atom. The molecular weight excluding hydrogens is 354 g/mol. The van der Waals surface area contributed by atoms with E-state index in [1.165, 1.54) is 22.2 Å². The number of carbonyl (C=O) groups is 2. The number of nitrogens with zero attached hydrogens (tertiary/aromatic N) is 1. The molecule has 0 aliphatic carbocycles. The molecule has 1 N–H and O–H groups in total. The molecule has 1 aliphatic rings. The van der Waals surface area contributed by atoms with E-state index in [1.54, 1.807) is 6.08 Å². The molecule has 4 nitrogen and oxygen atoms in total. The monoisotopic (exact) mass is 377 g/mol. The van der Waals surface area contributed by atoms with E-state index in [2.05, 4.69) is 13.8 Å². The molecule has 1 amide bonds. The van der Waals surface area contributed by atoms with Gasteiger partial charge >= 0.3 is 5.97 Å². The highest BCUT2D eigenvalue weighted by Crippen LogP contribution is 2.35. The number of thioether (sulfide) groups is 1. The topological polar surface area (TPSA) is 57.6 Å². The van der Waals surface area contributed by atoms with Crippen molar-refractivity contribution in [2.45, 2.75) is 52.0 Å². The van der Waals surface area contributed by atoms with Crippen LogP contribution in [0.15, 0.2) is 29.2 Å². The molecule has 0 bridgehead atoms. The predicted molar refractivity (Wildman–Crippen MR) is 106 cm³/mol. The minimum Gasteiger partial charge on any atom is -0.480 e. The lowest BCUT2D eigenvalue weighted by atomic mass is 10.0. The van der Waals surface area contributed by atoms with Gasteiger partial charge in [0.1, 0.15) is 10.4 Å². The second-order valence-corrected chi connectivity index (χ2v) is 8.05. The van der Waals surface area contributed by atoms with Gasteiger partial charge in [0.05, 0.1) is 4.91 Å². The number of rotatable bonds is 7. The second kappa shape index (κ2) is 8.63. The van der Waals surface area contributed by atoms with E-state index in [-0.39, 0.29) is 5.91 Å². The number of hydrogen-bond acceptors (Lipinski definition) is 4. The second-order valence-electron chi connectivity index (χ2n) is 6.37.